The summed E-state index contributed by atoms with van der Waals surface area (Å²) in [4.78, 5) is 0. The van der Waals surface area contributed by atoms with Crippen LogP contribution in [-0.4, -0.2) is 11.9 Å². The molecule has 0 aromatic heterocycles. The van der Waals surface area contributed by atoms with E-state index in [4.69, 9.17) is 11.6 Å². The van der Waals surface area contributed by atoms with Crippen LogP contribution in [-0.2, 0) is 13.0 Å². The molecule has 1 unspecified atom stereocenters. The van der Waals surface area contributed by atoms with Gasteiger partial charge in [-0.15, -0.1) is 11.6 Å². The highest BCUT2D eigenvalue weighted by Gasteiger charge is 2.09. The first-order valence-electron chi connectivity index (χ1n) is 6.77. The average molecular weight is 292 g/mol. The van der Waals surface area contributed by atoms with E-state index in [2.05, 4.69) is 17.4 Å². The molecule has 0 heterocycles. The molecule has 0 aliphatic rings. The van der Waals surface area contributed by atoms with Crippen molar-refractivity contribution in [2.75, 3.05) is 5.88 Å². The Balaban J connectivity index is 1.93. The van der Waals surface area contributed by atoms with E-state index in [-0.39, 0.29) is 11.9 Å². The van der Waals surface area contributed by atoms with Gasteiger partial charge in [0.1, 0.15) is 5.82 Å². The van der Waals surface area contributed by atoms with E-state index in [9.17, 15) is 4.39 Å². The van der Waals surface area contributed by atoms with E-state index < -0.39 is 0 Å². The van der Waals surface area contributed by atoms with Crippen LogP contribution in [0.3, 0.4) is 0 Å². The Morgan fingerprint density at radius 3 is 2.55 bits per heavy atom. The highest BCUT2D eigenvalue weighted by molar-refractivity contribution is 6.18. The minimum Gasteiger partial charge on any atom is -0.308 e. The number of aryl methyl sites for hydroxylation is 1. The van der Waals surface area contributed by atoms with Gasteiger partial charge in [0.2, 0.25) is 0 Å². The molecular weight excluding hydrogens is 273 g/mol. The first kappa shape index (κ1) is 15.0. The summed E-state index contributed by atoms with van der Waals surface area (Å²) in [6.07, 6.45) is 0.893. The average Bonchev–Trinajstić information content (AvgIpc) is 2.46. The van der Waals surface area contributed by atoms with Gasteiger partial charge in [0, 0.05) is 18.5 Å². The van der Waals surface area contributed by atoms with Crippen LogP contribution in [0.1, 0.15) is 16.7 Å². The van der Waals surface area contributed by atoms with Crippen molar-refractivity contribution in [1.29, 1.82) is 0 Å². The van der Waals surface area contributed by atoms with E-state index >= 15 is 0 Å². The zero-order chi connectivity index (χ0) is 14.4. The fourth-order valence-electron chi connectivity index (χ4n) is 2.19. The second kappa shape index (κ2) is 7.41. The van der Waals surface area contributed by atoms with Crippen molar-refractivity contribution in [2.24, 2.45) is 0 Å². The van der Waals surface area contributed by atoms with Crippen molar-refractivity contribution in [1.82, 2.24) is 5.32 Å². The van der Waals surface area contributed by atoms with Gasteiger partial charge in [-0.1, -0.05) is 36.4 Å². The Morgan fingerprint density at radius 2 is 1.90 bits per heavy atom. The van der Waals surface area contributed by atoms with Crippen LogP contribution < -0.4 is 5.32 Å². The molecule has 0 aliphatic heterocycles. The molecule has 0 bridgehead atoms. The number of alkyl halides is 1. The quantitative estimate of drug-likeness (QED) is 0.791. The normalized spacial score (nSPS) is 12.3. The molecule has 2 rings (SSSR count). The van der Waals surface area contributed by atoms with Crippen LogP contribution >= 0.6 is 11.6 Å². The van der Waals surface area contributed by atoms with Gasteiger partial charge in [0.15, 0.2) is 0 Å². The molecule has 0 fully saturated rings. The summed E-state index contributed by atoms with van der Waals surface area (Å²) in [6, 6.07) is 15.4. The van der Waals surface area contributed by atoms with Crippen molar-refractivity contribution >= 4 is 11.6 Å². The molecular formula is C17H19ClFN. The number of hydrogen-bond donors (Lipinski definition) is 1. The maximum atomic E-state index is 13.1. The van der Waals surface area contributed by atoms with Gasteiger partial charge < -0.3 is 5.32 Å². The topological polar surface area (TPSA) is 12.0 Å². The second-order valence-corrected chi connectivity index (χ2v) is 5.30. The monoisotopic (exact) mass is 291 g/mol. The lowest BCUT2D eigenvalue weighted by Crippen LogP contribution is -2.32. The zero-order valence-corrected chi connectivity index (χ0v) is 12.3. The van der Waals surface area contributed by atoms with Gasteiger partial charge in [-0.2, -0.15) is 0 Å². The Labute approximate surface area is 124 Å². The van der Waals surface area contributed by atoms with Crippen molar-refractivity contribution < 1.29 is 4.39 Å². The van der Waals surface area contributed by atoms with Gasteiger partial charge in [0.05, 0.1) is 0 Å². The summed E-state index contributed by atoms with van der Waals surface area (Å²) < 4.78 is 13.1. The Morgan fingerprint density at radius 1 is 1.15 bits per heavy atom. The summed E-state index contributed by atoms with van der Waals surface area (Å²) in [6.45, 7) is 2.63. The van der Waals surface area contributed by atoms with Crippen molar-refractivity contribution in [2.45, 2.75) is 25.9 Å². The fourth-order valence-corrected chi connectivity index (χ4v) is 2.41. The second-order valence-electron chi connectivity index (χ2n) is 4.99. The summed E-state index contributed by atoms with van der Waals surface area (Å²) in [7, 11) is 0. The first-order valence-corrected chi connectivity index (χ1v) is 7.31. The van der Waals surface area contributed by atoms with Gasteiger partial charge in [-0.25, -0.2) is 4.39 Å². The molecule has 0 saturated carbocycles. The summed E-state index contributed by atoms with van der Waals surface area (Å²) in [5, 5.41) is 3.44. The SMILES string of the molecule is Cc1cc(F)ccc1CNC(CCl)Cc1ccccc1. The van der Waals surface area contributed by atoms with E-state index in [1.165, 1.54) is 11.6 Å². The molecule has 106 valence electrons. The number of rotatable bonds is 6. The van der Waals surface area contributed by atoms with E-state index in [0.717, 1.165) is 17.5 Å². The third-order valence-corrected chi connectivity index (χ3v) is 3.77. The molecule has 20 heavy (non-hydrogen) atoms. The van der Waals surface area contributed by atoms with Gasteiger partial charge in [0.25, 0.3) is 0 Å². The molecule has 0 aliphatic carbocycles. The van der Waals surface area contributed by atoms with Crippen molar-refractivity contribution in [3.05, 3.63) is 71.0 Å². The van der Waals surface area contributed by atoms with Crippen LogP contribution in [0.2, 0.25) is 0 Å². The lowest BCUT2D eigenvalue weighted by molar-refractivity contribution is 0.548. The van der Waals surface area contributed by atoms with E-state index in [1.807, 2.05) is 31.2 Å². The smallest absolute Gasteiger partial charge is 0.123 e. The van der Waals surface area contributed by atoms with Crippen LogP contribution in [0.15, 0.2) is 48.5 Å². The van der Waals surface area contributed by atoms with E-state index in [0.29, 0.717) is 12.4 Å². The molecule has 0 radical (unpaired) electrons. The van der Waals surface area contributed by atoms with Crippen LogP contribution in [0, 0.1) is 12.7 Å². The third-order valence-electron chi connectivity index (χ3n) is 3.40. The maximum Gasteiger partial charge on any atom is 0.123 e. The van der Waals surface area contributed by atoms with Crippen molar-refractivity contribution in [3.63, 3.8) is 0 Å². The van der Waals surface area contributed by atoms with Gasteiger partial charge in [-0.05, 0) is 42.2 Å². The molecule has 2 aromatic carbocycles. The number of hydrogen-bond acceptors (Lipinski definition) is 1. The minimum atomic E-state index is -0.190. The highest BCUT2D eigenvalue weighted by atomic mass is 35.5. The lowest BCUT2D eigenvalue weighted by atomic mass is 10.1. The number of nitrogens with one attached hydrogen (secondary N) is 1. The first-order chi connectivity index (χ1) is 9.69. The molecule has 0 spiro atoms. The molecule has 1 atom stereocenters. The zero-order valence-electron chi connectivity index (χ0n) is 11.6. The molecule has 0 amide bonds. The van der Waals surface area contributed by atoms with Crippen molar-refractivity contribution in [3.8, 4) is 0 Å². The van der Waals surface area contributed by atoms with E-state index in [1.54, 1.807) is 6.07 Å². The van der Waals surface area contributed by atoms with Crippen LogP contribution in [0.25, 0.3) is 0 Å². The van der Waals surface area contributed by atoms with Gasteiger partial charge >= 0.3 is 0 Å². The van der Waals surface area contributed by atoms with Crippen LogP contribution in [0.4, 0.5) is 4.39 Å². The predicted molar refractivity (Wildman–Crippen MR) is 82.6 cm³/mol. The Hall–Kier alpha value is -1.38. The number of halogens is 2. The Kier molecular flexibility index (Phi) is 5.57. The molecule has 1 N–H and O–H groups in total. The Bertz CT molecular complexity index is 542. The molecule has 2 aromatic rings. The summed E-state index contributed by atoms with van der Waals surface area (Å²) in [5.74, 6) is 0.360. The van der Waals surface area contributed by atoms with Crippen LogP contribution in [0.5, 0.6) is 0 Å². The largest absolute Gasteiger partial charge is 0.308 e. The lowest BCUT2D eigenvalue weighted by Gasteiger charge is -2.17. The molecule has 1 nitrogen and oxygen atoms in total. The van der Waals surface area contributed by atoms with Gasteiger partial charge in [-0.3, -0.25) is 0 Å². The number of benzene rings is 2. The molecule has 0 saturated heterocycles. The minimum absolute atomic E-state index is 0.190. The predicted octanol–water partition coefficient (Wildman–Crippen LogP) is 4.07. The fraction of sp³-hybridized carbons (Fsp3) is 0.294. The summed E-state index contributed by atoms with van der Waals surface area (Å²) in [5.41, 5.74) is 3.33. The maximum absolute atomic E-state index is 13.1. The standard InChI is InChI=1S/C17H19ClFN/c1-13-9-16(19)8-7-15(13)12-20-17(11-18)10-14-5-3-2-4-6-14/h2-9,17,20H,10-12H2,1H3. The highest BCUT2D eigenvalue weighted by Crippen LogP contribution is 2.11. The third kappa shape index (κ3) is 4.32. The summed E-state index contributed by atoms with van der Waals surface area (Å²) >= 11 is 6.03. The molecule has 3 heteroatoms.